The van der Waals surface area contributed by atoms with E-state index in [2.05, 4.69) is 5.32 Å². The molecule has 0 atom stereocenters. The number of carbonyl (C=O) groups excluding carboxylic acids is 1. The Bertz CT molecular complexity index is 656. The second-order valence-corrected chi connectivity index (χ2v) is 7.52. The van der Waals surface area contributed by atoms with Crippen LogP contribution in [-0.2, 0) is 15.5 Å². The molecule has 25 heavy (non-hydrogen) atoms. The first-order valence-electron chi connectivity index (χ1n) is 8.12. The summed E-state index contributed by atoms with van der Waals surface area (Å²) < 4.78 is 52.0. The van der Waals surface area contributed by atoms with Crippen LogP contribution in [0.3, 0.4) is 0 Å². The molecule has 1 N–H and O–H groups in total. The van der Waals surface area contributed by atoms with Crippen molar-refractivity contribution in [1.82, 2.24) is 5.32 Å². The van der Waals surface area contributed by atoms with Crippen LogP contribution in [-0.4, -0.2) is 30.3 Å². The van der Waals surface area contributed by atoms with Gasteiger partial charge in [-0.15, -0.1) is 0 Å². The third kappa shape index (κ3) is 4.01. The van der Waals surface area contributed by atoms with Gasteiger partial charge >= 0.3 is 13.3 Å². The Morgan fingerprint density at radius 3 is 2.08 bits per heavy atom. The minimum atomic E-state index is -4.66. The number of benzene rings is 1. The zero-order valence-corrected chi connectivity index (χ0v) is 15.2. The van der Waals surface area contributed by atoms with Crippen LogP contribution in [0.5, 0.6) is 0 Å². The van der Waals surface area contributed by atoms with Gasteiger partial charge in [0.1, 0.15) is 0 Å². The quantitative estimate of drug-likeness (QED) is 0.846. The Hall–Kier alpha value is -1.54. The molecule has 1 aromatic rings. The first-order valence-corrected chi connectivity index (χ1v) is 8.12. The van der Waals surface area contributed by atoms with Crippen molar-refractivity contribution in [3.63, 3.8) is 0 Å². The minimum Gasteiger partial charge on any atom is -0.399 e. The van der Waals surface area contributed by atoms with E-state index in [0.29, 0.717) is 0 Å². The number of amides is 1. The van der Waals surface area contributed by atoms with Crippen LogP contribution in [0.25, 0.3) is 0 Å². The molecule has 8 heteroatoms. The number of nitrogens with one attached hydrogen (secondary N) is 1. The molecule has 138 valence electrons. The van der Waals surface area contributed by atoms with Crippen LogP contribution in [0.15, 0.2) is 18.2 Å². The van der Waals surface area contributed by atoms with Crippen molar-refractivity contribution in [3.8, 4) is 0 Å². The average molecular weight is 357 g/mol. The lowest BCUT2D eigenvalue weighted by atomic mass is 9.77. The first kappa shape index (κ1) is 19.8. The molecule has 0 aliphatic carbocycles. The van der Waals surface area contributed by atoms with Crippen LogP contribution in [0, 0.1) is 0 Å². The molecule has 0 aromatic heterocycles. The van der Waals surface area contributed by atoms with E-state index in [9.17, 15) is 18.0 Å². The van der Waals surface area contributed by atoms with E-state index in [0.717, 1.165) is 6.07 Å². The smallest absolute Gasteiger partial charge is 0.399 e. The number of hydrogen-bond acceptors (Lipinski definition) is 3. The predicted octanol–water partition coefficient (Wildman–Crippen LogP) is 3.14. The van der Waals surface area contributed by atoms with Gasteiger partial charge in [-0.2, -0.15) is 13.2 Å². The van der Waals surface area contributed by atoms with Gasteiger partial charge < -0.3 is 14.6 Å². The number of halogens is 3. The monoisotopic (exact) mass is 357 g/mol. The van der Waals surface area contributed by atoms with Crippen LogP contribution < -0.4 is 10.8 Å². The van der Waals surface area contributed by atoms with Crippen molar-refractivity contribution in [3.05, 3.63) is 29.3 Å². The topological polar surface area (TPSA) is 47.6 Å². The molecule has 0 unspecified atom stereocenters. The van der Waals surface area contributed by atoms with Gasteiger partial charge in [0, 0.05) is 6.04 Å². The van der Waals surface area contributed by atoms with E-state index >= 15 is 0 Å². The van der Waals surface area contributed by atoms with Crippen LogP contribution >= 0.6 is 0 Å². The summed E-state index contributed by atoms with van der Waals surface area (Å²) in [6.45, 7) is 10.7. The molecule has 1 aliphatic rings. The standard InChI is InChI=1S/C17H23BF3NO3/c1-10(2)22-14(23)12-8-7-11(9-13(12)17(19,20)21)18-24-15(3,4)16(5,6)25-18/h7-10H,1-6H3,(H,22,23). The van der Waals surface area contributed by atoms with Crippen molar-refractivity contribution in [2.45, 2.75) is 65.0 Å². The zero-order chi connectivity index (χ0) is 19.2. The molecule has 0 spiro atoms. The van der Waals surface area contributed by atoms with E-state index in [4.69, 9.17) is 9.31 Å². The summed E-state index contributed by atoms with van der Waals surface area (Å²) in [6.07, 6.45) is -4.66. The fourth-order valence-electron chi connectivity index (χ4n) is 2.46. The summed E-state index contributed by atoms with van der Waals surface area (Å²) >= 11 is 0. The summed E-state index contributed by atoms with van der Waals surface area (Å²) in [5.74, 6) is -0.761. The van der Waals surface area contributed by atoms with Crippen molar-refractivity contribution >= 4 is 18.5 Å². The predicted molar refractivity (Wildman–Crippen MR) is 89.8 cm³/mol. The fraction of sp³-hybridized carbons (Fsp3) is 0.588. The molecule has 1 fully saturated rings. The molecular weight excluding hydrogens is 334 g/mol. The van der Waals surface area contributed by atoms with Crippen molar-refractivity contribution in [2.75, 3.05) is 0 Å². The van der Waals surface area contributed by atoms with Crippen LogP contribution in [0.2, 0.25) is 0 Å². The highest BCUT2D eigenvalue weighted by atomic mass is 19.4. The SMILES string of the molecule is CC(C)NC(=O)c1ccc(B2OC(C)(C)C(C)(C)O2)cc1C(F)(F)F. The molecule has 1 aliphatic heterocycles. The molecule has 1 saturated heterocycles. The Morgan fingerprint density at radius 1 is 1.12 bits per heavy atom. The highest BCUT2D eigenvalue weighted by molar-refractivity contribution is 6.62. The molecule has 1 aromatic carbocycles. The fourth-order valence-corrected chi connectivity index (χ4v) is 2.46. The maximum absolute atomic E-state index is 13.5. The van der Waals surface area contributed by atoms with E-state index in [1.54, 1.807) is 13.8 Å². The lowest BCUT2D eigenvalue weighted by Crippen LogP contribution is -2.41. The summed E-state index contributed by atoms with van der Waals surface area (Å²) in [4.78, 5) is 12.1. The summed E-state index contributed by atoms with van der Waals surface area (Å²) in [6, 6.07) is 3.27. The van der Waals surface area contributed by atoms with Gasteiger partial charge in [0.05, 0.1) is 22.3 Å². The maximum atomic E-state index is 13.5. The lowest BCUT2D eigenvalue weighted by Gasteiger charge is -2.32. The second-order valence-electron chi connectivity index (χ2n) is 7.52. The number of carbonyl (C=O) groups is 1. The molecule has 0 bridgehead atoms. The van der Waals surface area contributed by atoms with Crippen molar-refractivity contribution in [2.24, 2.45) is 0 Å². The van der Waals surface area contributed by atoms with Crippen molar-refractivity contribution < 1.29 is 27.3 Å². The van der Waals surface area contributed by atoms with Crippen LogP contribution in [0.1, 0.15) is 57.5 Å². The second kappa shape index (κ2) is 6.32. The Balaban J connectivity index is 2.42. The first-order chi connectivity index (χ1) is 11.2. The number of hydrogen-bond donors (Lipinski definition) is 1. The van der Waals surface area contributed by atoms with E-state index in [1.807, 2.05) is 27.7 Å². The Morgan fingerprint density at radius 2 is 1.64 bits per heavy atom. The van der Waals surface area contributed by atoms with Crippen molar-refractivity contribution in [1.29, 1.82) is 0 Å². The Kier molecular flexibility index (Phi) is 5.00. The molecule has 2 rings (SSSR count). The number of alkyl halides is 3. The number of rotatable bonds is 3. The third-order valence-corrected chi connectivity index (χ3v) is 4.54. The molecule has 1 heterocycles. The highest BCUT2D eigenvalue weighted by Crippen LogP contribution is 2.37. The zero-order valence-electron chi connectivity index (χ0n) is 15.2. The highest BCUT2D eigenvalue weighted by Gasteiger charge is 2.52. The van der Waals surface area contributed by atoms with Gasteiger partial charge in [0.25, 0.3) is 5.91 Å². The van der Waals surface area contributed by atoms with Gasteiger partial charge in [-0.3, -0.25) is 4.79 Å². The van der Waals surface area contributed by atoms with Crippen LogP contribution in [0.4, 0.5) is 13.2 Å². The normalized spacial score (nSPS) is 19.4. The summed E-state index contributed by atoms with van der Waals surface area (Å²) in [7, 11) is -0.923. The largest absolute Gasteiger partial charge is 0.494 e. The minimum absolute atomic E-state index is 0.229. The van der Waals surface area contributed by atoms with Gasteiger partial charge in [-0.05, 0) is 59.1 Å². The Labute approximate surface area is 146 Å². The van der Waals surface area contributed by atoms with E-state index in [1.165, 1.54) is 12.1 Å². The average Bonchev–Trinajstić information content (AvgIpc) is 2.65. The third-order valence-electron chi connectivity index (χ3n) is 4.54. The van der Waals surface area contributed by atoms with Gasteiger partial charge in [0.15, 0.2) is 0 Å². The van der Waals surface area contributed by atoms with E-state index < -0.39 is 41.5 Å². The molecule has 1 amide bonds. The molecule has 0 saturated carbocycles. The lowest BCUT2D eigenvalue weighted by molar-refractivity contribution is -0.137. The summed E-state index contributed by atoms with van der Waals surface area (Å²) in [5.41, 5.74) is -2.51. The van der Waals surface area contributed by atoms with Gasteiger partial charge in [-0.1, -0.05) is 6.07 Å². The van der Waals surface area contributed by atoms with E-state index in [-0.39, 0.29) is 11.5 Å². The van der Waals surface area contributed by atoms with Gasteiger partial charge in [0.2, 0.25) is 0 Å². The molecule has 0 radical (unpaired) electrons. The summed E-state index contributed by atoms with van der Waals surface area (Å²) in [5, 5.41) is 2.49. The molecule has 4 nitrogen and oxygen atoms in total. The maximum Gasteiger partial charge on any atom is 0.494 e. The van der Waals surface area contributed by atoms with Gasteiger partial charge in [-0.25, -0.2) is 0 Å². The molecular formula is C17H23BF3NO3.